The van der Waals surface area contributed by atoms with Crippen LogP contribution in [-0.4, -0.2) is 27.3 Å². The summed E-state index contributed by atoms with van der Waals surface area (Å²) in [5.41, 5.74) is 2.01. The van der Waals surface area contributed by atoms with Gasteiger partial charge in [0.25, 0.3) is 0 Å². The molecule has 0 aliphatic heterocycles. The second kappa shape index (κ2) is 6.38. The molecule has 1 unspecified atom stereocenters. The van der Waals surface area contributed by atoms with Gasteiger partial charge in [0.05, 0.1) is 34.8 Å². The molecule has 0 saturated heterocycles. The maximum atomic E-state index is 11.9. The van der Waals surface area contributed by atoms with Crippen LogP contribution in [0.25, 0.3) is 11.0 Å². The molecule has 0 saturated carbocycles. The summed E-state index contributed by atoms with van der Waals surface area (Å²) in [5, 5.41) is 5.35. The van der Waals surface area contributed by atoms with Crippen molar-refractivity contribution < 1.29 is 9.53 Å². The number of rotatable bonds is 4. The Balaban J connectivity index is 2.05. The van der Waals surface area contributed by atoms with E-state index in [2.05, 4.69) is 10.1 Å². The zero-order chi connectivity index (χ0) is 16.4. The van der Waals surface area contributed by atoms with E-state index in [-0.39, 0.29) is 18.2 Å². The van der Waals surface area contributed by atoms with Crippen LogP contribution >= 0.6 is 11.6 Å². The smallest absolute Gasteiger partial charge is 0.341 e. The van der Waals surface area contributed by atoms with Crippen LogP contribution in [-0.2, 0) is 4.74 Å². The van der Waals surface area contributed by atoms with E-state index in [4.69, 9.17) is 16.3 Å². The minimum atomic E-state index is -0.476. The normalized spacial score (nSPS) is 12.3. The molecular weight excluding hydrogens is 314 g/mol. The molecule has 0 fully saturated rings. The number of carbonyl (C=O) groups is 1. The number of esters is 1. The molecule has 1 atom stereocenters. The topological polar surface area (TPSA) is 57.0 Å². The minimum absolute atomic E-state index is 0.00529. The van der Waals surface area contributed by atoms with Crippen molar-refractivity contribution in [1.29, 1.82) is 0 Å². The Morgan fingerprint density at radius 1 is 1.30 bits per heavy atom. The molecule has 2 aromatic heterocycles. The fourth-order valence-electron chi connectivity index (χ4n) is 2.47. The number of halogens is 1. The number of carbonyl (C=O) groups excluding carboxylic acids is 1. The Kier molecular flexibility index (Phi) is 4.30. The van der Waals surface area contributed by atoms with Crippen molar-refractivity contribution >= 4 is 28.6 Å². The average molecular weight is 330 g/mol. The second-order valence-corrected chi connectivity index (χ2v) is 5.50. The molecule has 0 aliphatic carbocycles. The highest BCUT2D eigenvalue weighted by Crippen LogP contribution is 2.29. The number of benzene rings is 1. The van der Waals surface area contributed by atoms with E-state index in [1.54, 1.807) is 17.8 Å². The lowest BCUT2D eigenvalue weighted by Crippen LogP contribution is -2.10. The molecule has 0 spiro atoms. The van der Waals surface area contributed by atoms with Crippen molar-refractivity contribution in [2.24, 2.45) is 0 Å². The highest BCUT2D eigenvalue weighted by Gasteiger charge is 2.19. The quantitative estimate of drug-likeness (QED) is 0.682. The predicted molar refractivity (Wildman–Crippen MR) is 88.7 cm³/mol. The summed E-state index contributed by atoms with van der Waals surface area (Å²) in [6.45, 7) is 4.07. The van der Waals surface area contributed by atoms with Crippen LogP contribution in [0.2, 0.25) is 5.02 Å². The molecule has 3 rings (SSSR count). The lowest BCUT2D eigenvalue weighted by Gasteiger charge is -2.13. The Bertz CT molecular complexity index is 846. The Morgan fingerprint density at radius 3 is 2.74 bits per heavy atom. The predicted octanol–water partition coefficient (Wildman–Crippen LogP) is 3.87. The molecule has 6 heteroatoms. The van der Waals surface area contributed by atoms with E-state index >= 15 is 0 Å². The SMILES string of the molecule is CCOC(=O)c1cnc2c(cnn2C(C)c2ccccc2)c1Cl. The summed E-state index contributed by atoms with van der Waals surface area (Å²) in [5.74, 6) is -0.476. The summed E-state index contributed by atoms with van der Waals surface area (Å²) >= 11 is 6.34. The van der Waals surface area contributed by atoms with Crippen LogP contribution in [0.3, 0.4) is 0 Å². The first-order valence-corrected chi connectivity index (χ1v) is 7.75. The van der Waals surface area contributed by atoms with Gasteiger partial charge in [-0.15, -0.1) is 0 Å². The van der Waals surface area contributed by atoms with Crippen molar-refractivity contribution in [3.63, 3.8) is 0 Å². The number of ether oxygens (including phenoxy) is 1. The third-order valence-corrected chi connectivity index (χ3v) is 4.11. The first-order chi connectivity index (χ1) is 11.1. The van der Waals surface area contributed by atoms with Gasteiger partial charge in [0.2, 0.25) is 0 Å². The summed E-state index contributed by atoms with van der Waals surface area (Å²) in [7, 11) is 0. The maximum absolute atomic E-state index is 11.9. The number of fused-ring (bicyclic) bond motifs is 1. The first kappa shape index (κ1) is 15.5. The highest BCUT2D eigenvalue weighted by molar-refractivity contribution is 6.38. The summed E-state index contributed by atoms with van der Waals surface area (Å²) in [6.07, 6.45) is 3.07. The van der Waals surface area contributed by atoms with E-state index in [0.29, 0.717) is 16.1 Å². The average Bonchev–Trinajstić information content (AvgIpc) is 3.00. The van der Waals surface area contributed by atoms with Gasteiger partial charge in [-0.3, -0.25) is 0 Å². The van der Waals surface area contributed by atoms with Gasteiger partial charge >= 0.3 is 5.97 Å². The lowest BCUT2D eigenvalue weighted by atomic mass is 10.1. The molecule has 1 aromatic carbocycles. The van der Waals surface area contributed by atoms with E-state index in [1.807, 2.05) is 37.3 Å². The zero-order valence-corrected chi connectivity index (χ0v) is 13.6. The molecular formula is C17H16ClN3O2. The molecule has 5 nitrogen and oxygen atoms in total. The fourth-order valence-corrected chi connectivity index (χ4v) is 2.73. The van der Waals surface area contributed by atoms with Gasteiger partial charge in [-0.1, -0.05) is 41.9 Å². The van der Waals surface area contributed by atoms with Crippen molar-refractivity contribution in [3.8, 4) is 0 Å². The van der Waals surface area contributed by atoms with Crippen LogP contribution in [0.15, 0.2) is 42.7 Å². The van der Waals surface area contributed by atoms with Gasteiger partial charge in [-0.2, -0.15) is 5.10 Å². The van der Waals surface area contributed by atoms with Crippen LogP contribution in [0, 0.1) is 0 Å². The molecule has 23 heavy (non-hydrogen) atoms. The minimum Gasteiger partial charge on any atom is -0.462 e. The fraction of sp³-hybridized carbons (Fsp3) is 0.235. The number of nitrogens with zero attached hydrogens (tertiary/aromatic N) is 3. The van der Waals surface area contributed by atoms with Crippen molar-refractivity contribution in [2.45, 2.75) is 19.9 Å². The van der Waals surface area contributed by atoms with Gasteiger partial charge in [0.15, 0.2) is 5.65 Å². The van der Waals surface area contributed by atoms with Crippen molar-refractivity contribution in [3.05, 3.63) is 58.9 Å². The van der Waals surface area contributed by atoms with E-state index < -0.39 is 5.97 Å². The third-order valence-electron chi connectivity index (χ3n) is 3.70. The number of pyridine rings is 1. The second-order valence-electron chi connectivity index (χ2n) is 5.12. The number of aromatic nitrogens is 3. The molecule has 0 amide bonds. The summed E-state index contributed by atoms with van der Waals surface area (Å²) in [6, 6.07) is 10.0. The molecule has 2 heterocycles. The van der Waals surface area contributed by atoms with Crippen LogP contribution in [0.5, 0.6) is 0 Å². The summed E-state index contributed by atoms with van der Waals surface area (Å²) < 4.78 is 6.79. The lowest BCUT2D eigenvalue weighted by molar-refractivity contribution is 0.0526. The van der Waals surface area contributed by atoms with Gasteiger partial charge in [-0.05, 0) is 19.4 Å². The monoisotopic (exact) mass is 329 g/mol. The molecule has 0 N–H and O–H groups in total. The molecule has 0 aliphatic rings. The number of hydrogen-bond acceptors (Lipinski definition) is 4. The molecule has 3 aromatic rings. The van der Waals surface area contributed by atoms with Gasteiger partial charge < -0.3 is 4.74 Å². The maximum Gasteiger partial charge on any atom is 0.341 e. The first-order valence-electron chi connectivity index (χ1n) is 7.37. The Morgan fingerprint density at radius 2 is 2.04 bits per heavy atom. The van der Waals surface area contributed by atoms with E-state index in [0.717, 1.165) is 5.56 Å². The van der Waals surface area contributed by atoms with Crippen molar-refractivity contribution in [1.82, 2.24) is 14.8 Å². The van der Waals surface area contributed by atoms with Crippen LogP contribution in [0.4, 0.5) is 0 Å². The van der Waals surface area contributed by atoms with Crippen LogP contribution in [0.1, 0.15) is 35.8 Å². The molecule has 0 bridgehead atoms. The van der Waals surface area contributed by atoms with E-state index in [9.17, 15) is 4.79 Å². The zero-order valence-electron chi connectivity index (χ0n) is 12.9. The highest BCUT2D eigenvalue weighted by atomic mass is 35.5. The third kappa shape index (κ3) is 2.80. The Labute approximate surface area is 138 Å². The van der Waals surface area contributed by atoms with Gasteiger partial charge in [-0.25, -0.2) is 14.5 Å². The summed E-state index contributed by atoms with van der Waals surface area (Å²) in [4.78, 5) is 16.3. The largest absolute Gasteiger partial charge is 0.462 e. The van der Waals surface area contributed by atoms with Gasteiger partial charge in [0.1, 0.15) is 0 Å². The van der Waals surface area contributed by atoms with Gasteiger partial charge in [0, 0.05) is 6.20 Å². The number of hydrogen-bond donors (Lipinski definition) is 0. The van der Waals surface area contributed by atoms with E-state index in [1.165, 1.54) is 6.20 Å². The van der Waals surface area contributed by atoms with Crippen LogP contribution < -0.4 is 0 Å². The standard InChI is InChI=1S/C17H16ClN3O2/c1-3-23-17(22)14-9-19-16-13(15(14)18)10-20-21(16)11(2)12-7-5-4-6-8-12/h4-11H,3H2,1-2H3. The van der Waals surface area contributed by atoms with Crippen molar-refractivity contribution in [2.75, 3.05) is 6.61 Å². The molecule has 118 valence electrons. The Hall–Kier alpha value is -2.40. The molecule has 0 radical (unpaired) electrons.